The first-order valence-corrected chi connectivity index (χ1v) is 10.7. The number of hydrogen-bond donors (Lipinski definition) is 1. The Morgan fingerprint density at radius 1 is 1.17 bits per heavy atom. The van der Waals surface area contributed by atoms with E-state index in [9.17, 15) is 13.2 Å². The molecule has 2 aromatic carbocycles. The van der Waals surface area contributed by atoms with Crippen LogP contribution in [-0.4, -0.2) is 58.7 Å². The van der Waals surface area contributed by atoms with Gasteiger partial charge in [-0.3, -0.25) is 4.79 Å². The standard InChI is InChI=1S/C19H21ClN2O6S/c1-26-17-4-2-3-5-18(17)28-13-19(23)21-16-12-14(6-7-15(16)20)29(24,25)22-8-10-27-11-9-22/h2-7,12H,8-11,13H2,1H3,(H,21,23). The zero-order valence-corrected chi connectivity index (χ0v) is 17.3. The Bertz CT molecular complexity index is 976. The smallest absolute Gasteiger partial charge is 0.262 e. The lowest BCUT2D eigenvalue weighted by atomic mass is 10.3. The molecule has 0 spiro atoms. The van der Waals surface area contributed by atoms with Gasteiger partial charge < -0.3 is 19.5 Å². The highest BCUT2D eigenvalue weighted by Gasteiger charge is 2.27. The van der Waals surface area contributed by atoms with E-state index in [1.54, 1.807) is 24.3 Å². The highest BCUT2D eigenvalue weighted by atomic mass is 35.5. The second kappa shape index (κ2) is 9.45. The fourth-order valence-corrected chi connectivity index (χ4v) is 4.36. The van der Waals surface area contributed by atoms with Crippen molar-refractivity contribution in [1.29, 1.82) is 0 Å². The molecule has 3 rings (SSSR count). The van der Waals surface area contributed by atoms with Crippen LogP contribution in [-0.2, 0) is 19.6 Å². The van der Waals surface area contributed by atoms with E-state index in [1.165, 1.54) is 29.6 Å². The maximum Gasteiger partial charge on any atom is 0.262 e. The van der Waals surface area contributed by atoms with Crippen LogP contribution in [0.2, 0.25) is 5.02 Å². The second-order valence-corrected chi connectivity index (χ2v) is 8.49. The lowest BCUT2D eigenvalue weighted by molar-refractivity contribution is -0.118. The van der Waals surface area contributed by atoms with Crippen LogP contribution in [0.3, 0.4) is 0 Å². The van der Waals surface area contributed by atoms with E-state index >= 15 is 0 Å². The van der Waals surface area contributed by atoms with Crippen molar-refractivity contribution in [3.8, 4) is 11.5 Å². The number of amides is 1. The van der Waals surface area contributed by atoms with Gasteiger partial charge in [0.25, 0.3) is 5.91 Å². The van der Waals surface area contributed by atoms with Crippen LogP contribution in [0.5, 0.6) is 11.5 Å². The molecule has 1 saturated heterocycles. The first-order chi connectivity index (χ1) is 13.9. The molecule has 1 N–H and O–H groups in total. The summed E-state index contributed by atoms with van der Waals surface area (Å²) in [7, 11) is -2.20. The molecular weight excluding hydrogens is 420 g/mol. The summed E-state index contributed by atoms with van der Waals surface area (Å²) in [4.78, 5) is 12.3. The summed E-state index contributed by atoms with van der Waals surface area (Å²) in [5.74, 6) is 0.426. The van der Waals surface area contributed by atoms with Crippen molar-refractivity contribution in [2.45, 2.75) is 4.90 Å². The number of benzene rings is 2. The Morgan fingerprint density at radius 3 is 2.55 bits per heavy atom. The Hall–Kier alpha value is -2.33. The van der Waals surface area contributed by atoms with Crippen molar-refractivity contribution in [1.82, 2.24) is 4.31 Å². The number of ether oxygens (including phenoxy) is 3. The van der Waals surface area contributed by atoms with Crippen molar-refractivity contribution in [3.05, 3.63) is 47.5 Å². The maximum absolute atomic E-state index is 12.8. The van der Waals surface area contributed by atoms with Gasteiger partial charge in [-0.2, -0.15) is 4.31 Å². The van der Waals surface area contributed by atoms with E-state index in [-0.39, 0.29) is 35.3 Å². The summed E-state index contributed by atoms with van der Waals surface area (Å²) >= 11 is 6.14. The zero-order chi connectivity index (χ0) is 20.9. The number of halogens is 1. The van der Waals surface area contributed by atoms with Crippen LogP contribution in [0.4, 0.5) is 5.69 Å². The Balaban J connectivity index is 1.70. The number of anilines is 1. The van der Waals surface area contributed by atoms with E-state index in [4.69, 9.17) is 25.8 Å². The van der Waals surface area contributed by atoms with Crippen LogP contribution in [0.1, 0.15) is 0 Å². The Kier molecular flexibility index (Phi) is 6.96. The number of carbonyl (C=O) groups is 1. The number of rotatable bonds is 7. The van der Waals surface area contributed by atoms with Crippen LogP contribution < -0.4 is 14.8 Å². The van der Waals surface area contributed by atoms with Crippen LogP contribution in [0.25, 0.3) is 0 Å². The molecule has 29 heavy (non-hydrogen) atoms. The van der Waals surface area contributed by atoms with Crippen molar-refractivity contribution in [2.75, 3.05) is 45.3 Å². The summed E-state index contributed by atoms with van der Waals surface area (Å²) in [6, 6.07) is 11.1. The van der Waals surface area contributed by atoms with E-state index in [1.807, 2.05) is 0 Å². The van der Waals surface area contributed by atoms with Gasteiger partial charge in [0.1, 0.15) is 0 Å². The number of hydrogen-bond acceptors (Lipinski definition) is 6. The molecule has 0 unspecified atom stereocenters. The van der Waals surface area contributed by atoms with E-state index < -0.39 is 15.9 Å². The predicted octanol–water partition coefficient (Wildman–Crippen LogP) is 2.39. The fraction of sp³-hybridized carbons (Fsp3) is 0.316. The van der Waals surface area contributed by atoms with Gasteiger partial charge in [-0.05, 0) is 30.3 Å². The molecule has 0 radical (unpaired) electrons. The van der Waals surface area contributed by atoms with Gasteiger partial charge in [-0.1, -0.05) is 23.7 Å². The fourth-order valence-electron chi connectivity index (χ4n) is 2.76. The lowest BCUT2D eigenvalue weighted by Crippen LogP contribution is -2.40. The largest absolute Gasteiger partial charge is 0.493 e. The summed E-state index contributed by atoms with van der Waals surface area (Å²) in [6.07, 6.45) is 0. The highest BCUT2D eigenvalue weighted by molar-refractivity contribution is 7.89. The molecule has 0 saturated carbocycles. The normalized spacial score (nSPS) is 15.0. The summed E-state index contributed by atoms with van der Waals surface area (Å²) in [5, 5.41) is 2.81. The zero-order valence-electron chi connectivity index (χ0n) is 15.8. The molecule has 1 amide bonds. The van der Waals surface area contributed by atoms with E-state index in [0.29, 0.717) is 24.7 Å². The van der Waals surface area contributed by atoms with E-state index in [2.05, 4.69) is 5.32 Å². The number of nitrogens with one attached hydrogen (secondary N) is 1. The van der Waals surface area contributed by atoms with Gasteiger partial charge >= 0.3 is 0 Å². The van der Waals surface area contributed by atoms with Crippen molar-refractivity contribution < 1.29 is 27.4 Å². The molecular formula is C19H21ClN2O6S. The monoisotopic (exact) mass is 440 g/mol. The van der Waals surface area contributed by atoms with Crippen molar-refractivity contribution in [3.63, 3.8) is 0 Å². The molecule has 1 fully saturated rings. The Labute approximate surface area is 174 Å². The number of sulfonamides is 1. The van der Waals surface area contributed by atoms with Gasteiger partial charge in [-0.15, -0.1) is 0 Å². The minimum absolute atomic E-state index is 0.0461. The third-order valence-corrected chi connectivity index (χ3v) is 6.47. The third kappa shape index (κ3) is 5.18. The average molecular weight is 441 g/mol. The molecule has 10 heteroatoms. The lowest BCUT2D eigenvalue weighted by Gasteiger charge is -2.26. The second-order valence-electron chi connectivity index (χ2n) is 6.15. The summed E-state index contributed by atoms with van der Waals surface area (Å²) in [5.41, 5.74) is 0.189. The molecule has 0 atom stereocenters. The van der Waals surface area contributed by atoms with Gasteiger partial charge in [0, 0.05) is 13.1 Å². The summed E-state index contributed by atoms with van der Waals surface area (Å²) < 4.78 is 42.8. The molecule has 156 valence electrons. The quantitative estimate of drug-likeness (QED) is 0.710. The molecule has 1 aliphatic heterocycles. The molecule has 1 heterocycles. The van der Waals surface area contributed by atoms with Gasteiger partial charge in [-0.25, -0.2) is 8.42 Å². The van der Waals surface area contributed by atoms with Crippen molar-refractivity contribution >= 4 is 33.2 Å². The topological polar surface area (TPSA) is 94.2 Å². The number of para-hydroxylation sites is 2. The number of nitrogens with zero attached hydrogens (tertiary/aromatic N) is 1. The first kappa shape index (κ1) is 21.4. The van der Waals surface area contributed by atoms with Crippen LogP contribution in [0, 0.1) is 0 Å². The molecule has 0 aromatic heterocycles. The van der Waals surface area contributed by atoms with E-state index in [0.717, 1.165) is 0 Å². The predicted molar refractivity (Wildman–Crippen MR) is 108 cm³/mol. The molecule has 8 nitrogen and oxygen atoms in total. The number of methoxy groups -OCH3 is 1. The van der Waals surface area contributed by atoms with Gasteiger partial charge in [0.05, 0.1) is 35.9 Å². The van der Waals surface area contributed by atoms with Crippen molar-refractivity contribution in [2.24, 2.45) is 0 Å². The molecule has 1 aliphatic rings. The molecule has 0 bridgehead atoms. The SMILES string of the molecule is COc1ccccc1OCC(=O)Nc1cc(S(=O)(=O)N2CCOCC2)ccc1Cl. The molecule has 0 aliphatic carbocycles. The average Bonchev–Trinajstić information content (AvgIpc) is 2.74. The van der Waals surface area contributed by atoms with Crippen LogP contribution >= 0.6 is 11.6 Å². The minimum atomic E-state index is -3.71. The highest BCUT2D eigenvalue weighted by Crippen LogP contribution is 2.28. The molecule has 2 aromatic rings. The maximum atomic E-state index is 12.8. The van der Waals surface area contributed by atoms with Gasteiger partial charge in [0.15, 0.2) is 18.1 Å². The van der Waals surface area contributed by atoms with Crippen LogP contribution in [0.15, 0.2) is 47.4 Å². The number of morpholine rings is 1. The summed E-state index contributed by atoms with van der Waals surface area (Å²) in [6.45, 7) is 0.948. The third-order valence-electron chi connectivity index (χ3n) is 4.25. The Morgan fingerprint density at radius 2 is 1.86 bits per heavy atom. The number of carbonyl (C=O) groups excluding carboxylic acids is 1. The minimum Gasteiger partial charge on any atom is -0.493 e. The first-order valence-electron chi connectivity index (χ1n) is 8.85. The van der Waals surface area contributed by atoms with Gasteiger partial charge in [0.2, 0.25) is 10.0 Å².